The zero-order chi connectivity index (χ0) is 40.5. The van der Waals surface area contributed by atoms with Crippen molar-refractivity contribution in [2.75, 3.05) is 20.8 Å². The van der Waals surface area contributed by atoms with Gasteiger partial charge in [-0.1, -0.05) is 67.0 Å². The Morgan fingerprint density at radius 3 is 2.24 bits per heavy atom. The molecular weight excluding hydrogens is 697 g/mol. The summed E-state index contributed by atoms with van der Waals surface area (Å²) in [4.78, 5) is 56.9. The van der Waals surface area contributed by atoms with Crippen LogP contribution >= 0.6 is 0 Å². The molecule has 0 aliphatic heterocycles. The van der Waals surface area contributed by atoms with Crippen molar-refractivity contribution in [3.63, 3.8) is 0 Å². The predicted molar refractivity (Wildman–Crippen MR) is 210 cm³/mol. The monoisotopic (exact) mass is 762 g/mol. The minimum atomic E-state index is -1.15. The van der Waals surface area contributed by atoms with E-state index in [2.05, 4.69) is 46.9 Å². The average molecular weight is 763 g/mol. The van der Waals surface area contributed by atoms with Gasteiger partial charge in [-0.25, -0.2) is 0 Å². The van der Waals surface area contributed by atoms with Gasteiger partial charge in [-0.05, 0) is 127 Å². The number of fused-ring (bicyclic) bond motifs is 7. The first kappa shape index (κ1) is 41.2. The van der Waals surface area contributed by atoms with Crippen molar-refractivity contribution in [1.29, 1.82) is 0 Å². The minimum absolute atomic E-state index is 0.00895. The van der Waals surface area contributed by atoms with Gasteiger partial charge in [0.15, 0.2) is 17.3 Å². The molecule has 6 rings (SSSR count). The van der Waals surface area contributed by atoms with Gasteiger partial charge in [0.1, 0.15) is 12.6 Å². The van der Waals surface area contributed by atoms with Gasteiger partial charge in [-0.15, -0.1) is 0 Å². The number of nitrogens with zero attached hydrogens (tertiary/aromatic N) is 1. The number of amides is 2. The van der Waals surface area contributed by atoms with Crippen LogP contribution in [-0.4, -0.2) is 71.6 Å². The van der Waals surface area contributed by atoms with E-state index in [9.17, 15) is 24.6 Å². The first-order valence-electron chi connectivity index (χ1n) is 20.6. The number of carboxylic acids is 1. The molecule has 3 N–H and O–H groups in total. The summed E-state index contributed by atoms with van der Waals surface area (Å²) in [5.74, 6) is -0.397. The van der Waals surface area contributed by atoms with Crippen molar-refractivity contribution in [3.05, 3.63) is 35.4 Å². The number of methoxy groups -OCH3 is 2. The Bertz CT molecular complexity index is 1760. The van der Waals surface area contributed by atoms with Crippen molar-refractivity contribution in [3.8, 4) is 11.5 Å². The standard InChI is InChI=1S/C45H66N2O8/c1-11-30(38(52)46-25-36(50)51)47(26-27-12-13-32(54-9)33(22-27)55-10)39(53)42(5)19-18-41(4)20-21-44(7)28(29(41)24-42)23-31(48)37-43(6)16-15-35(49)40(2,3)34(43)14-17-45(37,44)8/h12-13,22-23,29-30,34-35,37,49H,11,14-21,24-26H2,1-10H3,(H,46,52)(H,50,51)/t29-,30?,34-,35-,37+,41+,42-,43-,44+,45+/m0/s1. The molecular formula is C45H66N2O8. The van der Waals surface area contributed by atoms with E-state index in [-0.39, 0.29) is 69.2 Å². The maximum absolute atomic E-state index is 15.3. The van der Waals surface area contributed by atoms with Crippen LogP contribution in [0.3, 0.4) is 0 Å². The number of carboxylic acid groups (broad SMARTS) is 1. The van der Waals surface area contributed by atoms with Crippen molar-refractivity contribution in [2.45, 2.75) is 138 Å². The van der Waals surface area contributed by atoms with Gasteiger partial charge in [0.2, 0.25) is 11.8 Å². The predicted octanol–water partition coefficient (Wildman–Crippen LogP) is 7.35. The van der Waals surface area contributed by atoms with Crippen molar-refractivity contribution < 1.29 is 38.9 Å². The summed E-state index contributed by atoms with van der Waals surface area (Å²) in [5, 5.41) is 23.0. The molecule has 1 aromatic carbocycles. The Balaban J connectivity index is 1.38. The second-order valence-electron chi connectivity index (χ2n) is 19.8. The number of aliphatic carboxylic acids is 1. The van der Waals surface area contributed by atoms with E-state index in [0.717, 1.165) is 44.1 Å². The maximum Gasteiger partial charge on any atom is 0.322 e. The van der Waals surface area contributed by atoms with Crippen LogP contribution in [-0.2, 0) is 25.7 Å². The van der Waals surface area contributed by atoms with Crippen LogP contribution in [0.4, 0.5) is 0 Å². The van der Waals surface area contributed by atoms with E-state index in [0.29, 0.717) is 37.2 Å². The van der Waals surface area contributed by atoms with Gasteiger partial charge < -0.3 is 29.9 Å². The number of aliphatic hydroxyl groups is 1. The Kier molecular flexibility index (Phi) is 10.7. The van der Waals surface area contributed by atoms with Crippen LogP contribution in [0.5, 0.6) is 11.5 Å². The third-order valence-corrected chi connectivity index (χ3v) is 16.6. The second-order valence-corrected chi connectivity index (χ2v) is 19.8. The lowest BCUT2D eigenvalue weighted by molar-refractivity contribution is -0.202. The molecule has 5 aliphatic rings. The Labute approximate surface area is 328 Å². The van der Waals surface area contributed by atoms with Crippen LogP contribution in [0.2, 0.25) is 0 Å². The summed E-state index contributed by atoms with van der Waals surface area (Å²) >= 11 is 0. The number of carbonyl (C=O) groups is 4. The molecule has 4 saturated carbocycles. The number of allylic oxidation sites excluding steroid dienone is 2. The highest BCUT2D eigenvalue weighted by Gasteiger charge is 2.70. The molecule has 0 heterocycles. The summed E-state index contributed by atoms with van der Waals surface area (Å²) in [5.41, 5.74) is 0.0825. The summed E-state index contributed by atoms with van der Waals surface area (Å²) in [6, 6.07) is 4.55. The van der Waals surface area contributed by atoms with Crippen molar-refractivity contribution in [2.24, 2.45) is 50.2 Å². The summed E-state index contributed by atoms with van der Waals surface area (Å²) in [7, 11) is 3.11. The molecule has 0 aromatic heterocycles. The fourth-order valence-corrected chi connectivity index (χ4v) is 13.0. The number of carbonyl (C=O) groups excluding carboxylic acids is 3. The zero-order valence-electron chi connectivity index (χ0n) is 35.0. The van der Waals surface area contributed by atoms with E-state index >= 15 is 4.79 Å². The summed E-state index contributed by atoms with van der Waals surface area (Å²) in [6.45, 7) is 17.3. The topological polar surface area (TPSA) is 142 Å². The van der Waals surface area contributed by atoms with Crippen LogP contribution in [0.25, 0.3) is 0 Å². The largest absolute Gasteiger partial charge is 0.493 e. The first-order valence-corrected chi connectivity index (χ1v) is 20.6. The molecule has 4 fully saturated rings. The highest BCUT2D eigenvalue weighted by molar-refractivity contribution is 5.96. The van der Waals surface area contributed by atoms with Crippen LogP contribution in [0.1, 0.15) is 125 Å². The molecule has 0 bridgehead atoms. The first-order chi connectivity index (χ1) is 25.7. The van der Waals surface area contributed by atoms with Crippen LogP contribution < -0.4 is 14.8 Å². The molecule has 10 nitrogen and oxygen atoms in total. The quantitative estimate of drug-likeness (QED) is 0.225. The van der Waals surface area contributed by atoms with E-state index < -0.39 is 29.9 Å². The fourth-order valence-electron chi connectivity index (χ4n) is 13.0. The Morgan fingerprint density at radius 1 is 0.927 bits per heavy atom. The smallest absolute Gasteiger partial charge is 0.322 e. The number of hydrogen-bond acceptors (Lipinski definition) is 7. The third-order valence-electron chi connectivity index (χ3n) is 16.6. The molecule has 55 heavy (non-hydrogen) atoms. The van der Waals surface area contributed by atoms with Gasteiger partial charge in [0, 0.05) is 17.9 Å². The normalized spacial score (nSPS) is 38.2. The van der Waals surface area contributed by atoms with E-state index in [4.69, 9.17) is 9.47 Å². The van der Waals surface area contributed by atoms with Crippen molar-refractivity contribution in [1.82, 2.24) is 10.2 Å². The molecule has 2 amide bonds. The van der Waals surface area contributed by atoms with Crippen LogP contribution in [0, 0.1) is 50.2 Å². The number of rotatable bonds is 10. The number of ether oxygens (including phenoxy) is 2. The molecule has 0 spiro atoms. The highest BCUT2D eigenvalue weighted by atomic mass is 16.5. The lowest BCUT2D eigenvalue weighted by atomic mass is 9.33. The van der Waals surface area contributed by atoms with Crippen molar-refractivity contribution >= 4 is 23.6 Å². The van der Waals surface area contributed by atoms with Gasteiger partial charge in [-0.3, -0.25) is 19.2 Å². The SMILES string of the molecule is CCC(C(=O)NCC(=O)O)N(Cc1ccc(OC)c(OC)c1)C(=O)[C@@]1(C)CC[C@]2(C)CC[C@]3(C)C(=CC(=O)[C@@H]4[C@@]5(C)CC[C@H](O)C(C)(C)[C@@H]5CC[C@]43C)[C@@H]2C1. The summed E-state index contributed by atoms with van der Waals surface area (Å²) in [6.07, 6.45) is 9.44. The molecule has 10 atom stereocenters. The summed E-state index contributed by atoms with van der Waals surface area (Å²) < 4.78 is 11.0. The lowest BCUT2D eigenvalue weighted by Crippen LogP contribution is -2.66. The van der Waals surface area contributed by atoms with E-state index in [1.807, 2.05) is 32.1 Å². The lowest BCUT2D eigenvalue weighted by Gasteiger charge is -2.70. The molecule has 304 valence electrons. The maximum atomic E-state index is 15.3. The molecule has 1 aromatic rings. The molecule has 0 saturated heterocycles. The number of hydrogen-bond donors (Lipinski definition) is 3. The molecule has 1 unspecified atom stereocenters. The van der Waals surface area contributed by atoms with Gasteiger partial charge in [0.05, 0.1) is 20.3 Å². The van der Waals surface area contributed by atoms with E-state index in [1.54, 1.807) is 25.2 Å². The number of nitrogens with one attached hydrogen (secondary N) is 1. The number of aliphatic hydroxyl groups excluding tert-OH is 1. The van der Waals surface area contributed by atoms with Gasteiger partial charge >= 0.3 is 5.97 Å². The van der Waals surface area contributed by atoms with Gasteiger partial charge in [-0.2, -0.15) is 0 Å². The minimum Gasteiger partial charge on any atom is -0.493 e. The zero-order valence-corrected chi connectivity index (χ0v) is 35.0. The molecule has 0 radical (unpaired) electrons. The fraction of sp³-hybridized carbons (Fsp3) is 0.733. The Morgan fingerprint density at radius 2 is 1.60 bits per heavy atom. The molecule has 10 heteroatoms. The molecule has 5 aliphatic carbocycles. The Hall–Kier alpha value is -3.40. The average Bonchev–Trinajstić information content (AvgIpc) is 3.13. The highest BCUT2D eigenvalue weighted by Crippen LogP contribution is 2.75. The second kappa shape index (κ2) is 14.2. The number of benzene rings is 1. The van der Waals surface area contributed by atoms with Gasteiger partial charge in [0.25, 0.3) is 0 Å². The van der Waals surface area contributed by atoms with Crippen LogP contribution in [0.15, 0.2) is 29.8 Å². The van der Waals surface area contributed by atoms with E-state index in [1.165, 1.54) is 5.57 Å². The number of ketones is 1. The third kappa shape index (κ3) is 6.41.